The molecule has 0 amide bonds. The van der Waals surface area contributed by atoms with Crippen molar-refractivity contribution in [2.24, 2.45) is 0 Å². The Kier molecular flexibility index (Phi) is 6.54. The van der Waals surface area contributed by atoms with Gasteiger partial charge in [-0.1, -0.05) is 18.5 Å². The molecule has 1 unspecified atom stereocenters. The molecule has 0 saturated heterocycles. The van der Waals surface area contributed by atoms with Gasteiger partial charge in [0.2, 0.25) is 0 Å². The van der Waals surface area contributed by atoms with E-state index in [-0.39, 0.29) is 23.2 Å². The lowest BCUT2D eigenvalue weighted by molar-refractivity contribution is 0.115. The van der Waals surface area contributed by atoms with Crippen LogP contribution in [0.3, 0.4) is 0 Å². The Bertz CT molecular complexity index is 387. The van der Waals surface area contributed by atoms with E-state index >= 15 is 0 Å². The number of nitrogens with one attached hydrogen (secondary N) is 1. The quantitative estimate of drug-likeness (QED) is 0.608. The summed E-state index contributed by atoms with van der Waals surface area (Å²) < 4.78 is 32.0. The number of benzene rings is 1. The summed E-state index contributed by atoms with van der Waals surface area (Å²) in [5.41, 5.74) is 0.263. The highest BCUT2D eigenvalue weighted by Gasteiger charge is 2.09. The summed E-state index contributed by atoms with van der Waals surface area (Å²) in [4.78, 5) is 0. The fraction of sp³-hybridized carbons (Fsp3) is 0.538. The third-order valence-corrected chi connectivity index (χ3v) is 2.74. The summed E-state index contributed by atoms with van der Waals surface area (Å²) in [5, 5.41) is 2.87. The lowest BCUT2D eigenvalue weighted by Gasteiger charge is -2.14. The number of rotatable bonds is 7. The second-order valence-corrected chi connectivity index (χ2v) is 4.62. The van der Waals surface area contributed by atoms with Crippen molar-refractivity contribution in [1.29, 1.82) is 0 Å². The molecule has 1 atom stereocenters. The molecule has 5 heteroatoms. The fourth-order valence-electron chi connectivity index (χ4n) is 1.45. The molecule has 1 rings (SSSR count). The largest absolute Gasteiger partial charge is 0.380 e. The number of hydrogen-bond donors (Lipinski definition) is 1. The molecule has 1 aromatic carbocycles. The van der Waals surface area contributed by atoms with Crippen LogP contribution < -0.4 is 5.32 Å². The fourth-order valence-corrected chi connectivity index (χ4v) is 1.60. The number of hydrogen-bond acceptors (Lipinski definition) is 2. The van der Waals surface area contributed by atoms with Crippen LogP contribution in [0, 0.1) is 11.6 Å². The van der Waals surface area contributed by atoms with Gasteiger partial charge in [0.05, 0.1) is 11.6 Å². The van der Waals surface area contributed by atoms with E-state index in [2.05, 4.69) is 5.32 Å². The number of ether oxygens (including phenoxy) is 1. The molecule has 0 aliphatic carbocycles. The van der Waals surface area contributed by atoms with Crippen LogP contribution in [0.25, 0.3) is 0 Å². The highest BCUT2D eigenvalue weighted by molar-refractivity contribution is 6.30. The first-order chi connectivity index (χ1) is 8.54. The molecule has 0 aliphatic heterocycles. The normalized spacial score (nSPS) is 12.7. The zero-order chi connectivity index (χ0) is 13.5. The van der Waals surface area contributed by atoms with Crippen LogP contribution in [-0.2, 0) is 11.3 Å². The SMILES string of the molecule is CCCOCC(C)NCc1cc(F)c(Cl)cc1F. The van der Waals surface area contributed by atoms with Crippen LogP contribution in [0.2, 0.25) is 5.02 Å². The first kappa shape index (κ1) is 15.3. The molecule has 2 nitrogen and oxygen atoms in total. The predicted molar refractivity (Wildman–Crippen MR) is 68.8 cm³/mol. The van der Waals surface area contributed by atoms with Crippen molar-refractivity contribution in [2.45, 2.75) is 32.9 Å². The molecule has 102 valence electrons. The topological polar surface area (TPSA) is 21.3 Å². The molecular formula is C13H18ClF2NO. The molecule has 18 heavy (non-hydrogen) atoms. The molecule has 0 saturated carbocycles. The van der Waals surface area contributed by atoms with Gasteiger partial charge in [-0.3, -0.25) is 0 Å². The minimum absolute atomic E-state index is 0.0784. The Labute approximate surface area is 111 Å². The van der Waals surface area contributed by atoms with E-state index in [0.717, 1.165) is 18.6 Å². The van der Waals surface area contributed by atoms with E-state index in [9.17, 15) is 8.78 Å². The molecule has 0 heterocycles. The molecular weight excluding hydrogens is 260 g/mol. The third-order valence-electron chi connectivity index (χ3n) is 2.45. The monoisotopic (exact) mass is 277 g/mol. The van der Waals surface area contributed by atoms with Gasteiger partial charge in [0.25, 0.3) is 0 Å². The summed E-state index contributed by atoms with van der Waals surface area (Å²) in [5.74, 6) is -1.11. The summed E-state index contributed by atoms with van der Waals surface area (Å²) in [6.45, 7) is 5.46. The molecule has 0 radical (unpaired) electrons. The van der Waals surface area contributed by atoms with Crippen molar-refractivity contribution in [1.82, 2.24) is 5.32 Å². The average molecular weight is 278 g/mol. The van der Waals surface area contributed by atoms with Crippen LogP contribution in [0.5, 0.6) is 0 Å². The van der Waals surface area contributed by atoms with Gasteiger partial charge in [0.1, 0.15) is 11.6 Å². The first-order valence-corrected chi connectivity index (χ1v) is 6.37. The zero-order valence-electron chi connectivity index (χ0n) is 10.6. The van der Waals surface area contributed by atoms with Gasteiger partial charge in [-0.05, 0) is 25.5 Å². The van der Waals surface area contributed by atoms with Gasteiger partial charge in [0.15, 0.2) is 0 Å². The molecule has 1 N–H and O–H groups in total. The summed E-state index contributed by atoms with van der Waals surface area (Å²) in [7, 11) is 0. The molecule has 0 spiro atoms. The smallest absolute Gasteiger partial charge is 0.142 e. The third kappa shape index (κ3) is 4.88. The first-order valence-electron chi connectivity index (χ1n) is 5.99. The van der Waals surface area contributed by atoms with Crippen molar-refractivity contribution < 1.29 is 13.5 Å². The standard InChI is InChI=1S/C13H18ClF2NO/c1-3-4-18-8-9(2)17-7-10-5-13(16)11(14)6-12(10)15/h5-6,9,17H,3-4,7-8H2,1-2H3. The van der Waals surface area contributed by atoms with Gasteiger partial charge >= 0.3 is 0 Å². The number of halogens is 3. The minimum atomic E-state index is -0.607. The van der Waals surface area contributed by atoms with E-state index in [4.69, 9.17) is 16.3 Å². The van der Waals surface area contributed by atoms with Crippen LogP contribution in [0.4, 0.5) is 8.78 Å². The van der Waals surface area contributed by atoms with Crippen LogP contribution in [0.1, 0.15) is 25.8 Å². The van der Waals surface area contributed by atoms with Crippen LogP contribution in [-0.4, -0.2) is 19.3 Å². The van der Waals surface area contributed by atoms with E-state index in [1.165, 1.54) is 0 Å². The van der Waals surface area contributed by atoms with Crippen molar-refractivity contribution >= 4 is 11.6 Å². The average Bonchev–Trinajstić information content (AvgIpc) is 2.32. The molecule has 1 aromatic rings. The highest BCUT2D eigenvalue weighted by Crippen LogP contribution is 2.19. The van der Waals surface area contributed by atoms with Crippen molar-refractivity contribution in [3.8, 4) is 0 Å². The molecule has 0 fully saturated rings. The van der Waals surface area contributed by atoms with E-state index < -0.39 is 11.6 Å². The lowest BCUT2D eigenvalue weighted by Crippen LogP contribution is -2.30. The predicted octanol–water partition coefficient (Wildman–Crippen LogP) is 3.52. The lowest BCUT2D eigenvalue weighted by atomic mass is 10.2. The van der Waals surface area contributed by atoms with Gasteiger partial charge in [-0.2, -0.15) is 0 Å². The van der Waals surface area contributed by atoms with Crippen LogP contribution >= 0.6 is 11.6 Å². The summed E-state index contributed by atoms with van der Waals surface area (Å²) in [6.07, 6.45) is 0.962. The Hall–Kier alpha value is -0.710. The van der Waals surface area contributed by atoms with Crippen LogP contribution in [0.15, 0.2) is 12.1 Å². The maximum absolute atomic E-state index is 13.5. The van der Waals surface area contributed by atoms with Crippen molar-refractivity contribution in [3.63, 3.8) is 0 Å². The van der Waals surface area contributed by atoms with Gasteiger partial charge < -0.3 is 10.1 Å². The van der Waals surface area contributed by atoms with E-state index in [1.54, 1.807) is 0 Å². The Morgan fingerprint density at radius 3 is 2.72 bits per heavy atom. The maximum Gasteiger partial charge on any atom is 0.142 e. The second kappa shape index (κ2) is 7.67. The van der Waals surface area contributed by atoms with Gasteiger partial charge in [-0.15, -0.1) is 0 Å². The Balaban J connectivity index is 2.45. The van der Waals surface area contributed by atoms with E-state index in [1.807, 2.05) is 13.8 Å². The Morgan fingerprint density at radius 1 is 1.33 bits per heavy atom. The van der Waals surface area contributed by atoms with Crippen molar-refractivity contribution in [3.05, 3.63) is 34.4 Å². The molecule has 0 bridgehead atoms. The summed E-state index contributed by atoms with van der Waals surface area (Å²) in [6, 6.07) is 2.19. The molecule has 0 aliphatic rings. The second-order valence-electron chi connectivity index (χ2n) is 4.21. The van der Waals surface area contributed by atoms with Gasteiger partial charge in [0, 0.05) is 24.8 Å². The molecule has 0 aromatic heterocycles. The van der Waals surface area contributed by atoms with E-state index in [0.29, 0.717) is 13.2 Å². The highest BCUT2D eigenvalue weighted by atomic mass is 35.5. The Morgan fingerprint density at radius 2 is 2.06 bits per heavy atom. The zero-order valence-corrected chi connectivity index (χ0v) is 11.4. The van der Waals surface area contributed by atoms with Crippen molar-refractivity contribution in [2.75, 3.05) is 13.2 Å². The van der Waals surface area contributed by atoms with Gasteiger partial charge in [-0.25, -0.2) is 8.78 Å². The summed E-state index contributed by atoms with van der Waals surface area (Å²) >= 11 is 5.48. The maximum atomic E-state index is 13.5. The minimum Gasteiger partial charge on any atom is -0.380 e.